The van der Waals surface area contributed by atoms with Crippen LogP contribution in [0.15, 0.2) is 79.0 Å². The number of fused-ring (bicyclic) bond motifs is 1. The van der Waals surface area contributed by atoms with Crippen LogP contribution in [0.1, 0.15) is 22.3 Å². The van der Waals surface area contributed by atoms with E-state index in [4.69, 9.17) is 0 Å². The molecule has 1 nitrogen and oxygen atoms in total. The maximum atomic E-state index is 13.5. The monoisotopic (exact) mass is 376 g/mol. The second kappa shape index (κ2) is 7.12. The molecular weight excluding hydrogens is 359 g/mol. The summed E-state index contributed by atoms with van der Waals surface area (Å²) in [6.45, 7) is 3.96. The van der Waals surface area contributed by atoms with Gasteiger partial charge in [0.2, 0.25) is 0 Å². The molecule has 1 heterocycles. The van der Waals surface area contributed by atoms with Crippen molar-refractivity contribution in [2.24, 2.45) is 0 Å². The van der Waals surface area contributed by atoms with Crippen molar-refractivity contribution in [1.82, 2.24) is 4.98 Å². The van der Waals surface area contributed by atoms with Crippen LogP contribution in [-0.2, 0) is 12.6 Å². The Labute approximate surface area is 161 Å². The van der Waals surface area contributed by atoms with E-state index in [-0.39, 0.29) is 5.52 Å². The third-order valence-electron chi connectivity index (χ3n) is 4.73. The fourth-order valence-electron chi connectivity index (χ4n) is 3.51. The Morgan fingerprint density at radius 1 is 0.857 bits per heavy atom. The summed E-state index contributed by atoms with van der Waals surface area (Å²) in [5.74, 6) is 0. The molecule has 0 N–H and O–H groups in total. The number of alkyl halides is 3. The highest BCUT2D eigenvalue weighted by molar-refractivity contribution is 5.98. The van der Waals surface area contributed by atoms with Crippen LogP contribution in [0.5, 0.6) is 0 Å². The van der Waals surface area contributed by atoms with Crippen molar-refractivity contribution in [3.05, 3.63) is 108 Å². The Balaban J connectivity index is 2.00. The molecule has 3 aromatic carbocycles. The smallest absolute Gasteiger partial charge is 0.255 e. The minimum Gasteiger partial charge on any atom is -0.255 e. The lowest BCUT2D eigenvalue weighted by Gasteiger charge is -2.16. The Hall–Kier alpha value is -3.14. The van der Waals surface area contributed by atoms with Gasteiger partial charge in [0.25, 0.3) is 0 Å². The normalized spacial score (nSPS) is 11.7. The van der Waals surface area contributed by atoms with E-state index in [1.807, 2.05) is 54.6 Å². The van der Waals surface area contributed by atoms with Crippen LogP contribution in [-0.4, -0.2) is 4.98 Å². The SMILES string of the molecule is [CH2]c1cccc(-c2c(Cc3ccccc3)cnc3c(C(F)(F)F)cccc23)c1. The van der Waals surface area contributed by atoms with Crippen molar-refractivity contribution in [2.75, 3.05) is 0 Å². The molecule has 0 aliphatic heterocycles. The summed E-state index contributed by atoms with van der Waals surface area (Å²) in [4.78, 5) is 4.22. The number of hydrogen-bond donors (Lipinski definition) is 0. The summed E-state index contributed by atoms with van der Waals surface area (Å²) in [5, 5.41) is 0.494. The van der Waals surface area contributed by atoms with Gasteiger partial charge in [-0.25, -0.2) is 0 Å². The number of halogens is 3. The number of para-hydroxylation sites is 1. The molecule has 0 fully saturated rings. The summed E-state index contributed by atoms with van der Waals surface area (Å²) in [7, 11) is 0. The number of rotatable bonds is 3. The van der Waals surface area contributed by atoms with E-state index in [1.54, 1.807) is 12.3 Å². The molecule has 0 saturated carbocycles. The van der Waals surface area contributed by atoms with Gasteiger partial charge in [-0.05, 0) is 47.2 Å². The number of aromatic nitrogens is 1. The van der Waals surface area contributed by atoms with Gasteiger partial charge in [-0.15, -0.1) is 0 Å². The van der Waals surface area contributed by atoms with Gasteiger partial charge in [-0.2, -0.15) is 13.2 Å². The first-order valence-electron chi connectivity index (χ1n) is 8.87. The average Bonchev–Trinajstić information content (AvgIpc) is 2.67. The summed E-state index contributed by atoms with van der Waals surface area (Å²) < 4.78 is 40.5. The first-order valence-corrected chi connectivity index (χ1v) is 8.87. The van der Waals surface area contributed by atoms with Gasteiger partial charge in [0.05, 0.1) is 11.1 Å². The van der Waals surface area contributed by atoms with E-state index in [0.717, 1.165) is 33.9 Å². The van der Waals surface area contributed by atoms with E-state index in [9.17, 15) is 13.2 Å². The van der Waals surface area contributed by atoms with Crippen molar-refractivity contribution >= 4 is 10.9 Å². The van der Waals surface area contributed by atoms with Crippen molar-refractivity contribution < 1.29 is 13.2 Å². The lowest BCUT2D eigenvalue weighted by molar-refractivity contribution is -0.136. The Bertz CT molecular complexity index is 1130. The van der Waals surface area contributed by atoms with E-state index in [0.29, 0.717) is 11.8 Å². The fraction of sp³-hybridized carbons (Fsp3) is 0.0833. The van der Waals surface area contributed by atoms with Crippen LogP contribution in [0.25, 0.3) is 22.0 Å². The van der Waals surface area contributed by atoms with Gasteiger partial charge < -0.3 is 0 Å². The van der Waals surface area contributed by atoms with Crippen LogP contribution in [0.2, 0.25) is 0 Å². The number of hydrogen-bond acceptors (Lipinski definition) is 1. The average molecular weight is 376 g/mol. The first-order chi connectivity index (χ1) is 13.4. The summed E-state index contributed by atoms with van der Waals surface area (Å²) in [5.41, 5.74) is 3.61. The predicted octanol–water partition coefficient (Wildman–Crippen LogP) is 6.69. The zero-order valence-electron chi connectivity index (χ0n) is 15.0. The lowest BCUT2D eigenvalue weighted by Crippen LogP contribution is -2.07. The first kappa shape index (κ1) is 18.2. The molecule has 0 unspecified atom stereocenters. The van der Waals surface area contributed by atoms with E-state index in [1.165, 1.54) is 6.07 Å². The maximum absolute atomic E-state index is 13.5. The molecule has 0 spiro atoms. The summed E-state index contributed by atoms with van der Waals surface area (Å²) in [6, 6.07) is 21.6. The largest absolute Gasteiger partial charge is 0.418 e. The number of nitrogens with zero attached hydrogens (tertiary/aromatic N) is 1. The van der Waals surface area contributed by atoms with Gasteiger partial charge in [0.15, 0.2) is 0 Å². The second-order valence-electron chi connectivity index (χ2n) is 6.72. The predicted molar refractivity (Wildman–Crippen MR) is 106 cm³/mol. The molecular formula is C24H17F3N. The molecule has 0 amide bonds. The Kier molecular flexibility index (Phi) is 4.63. The molecule has 0 aliphatic rings. The van der Waals surface area contributed by atoms with Crippen LogP contribution < -0.4 is 0 Å². The molecule has 0 bridgehead atoms. The fourth-order valence-corrected chi connectivity index (χ4v) is 3.51. The van der Waals surface area contributed by atoms with Crippen molar-refractivity contribution in [2.45, 2.75) is 12.6 Å². The highest BCUT2D eigenvalue weighted by atomic mass is 19.4. The van der Waals surface area contributed by atoms with Crippen LogP contribution >= 0.6 is 0 Å². The standard InChI is InChI=1S/C24H17F3N/c1-16-7-5-10-18(13-16)22-19(14-17-8-3-2-4-9-17)15-28-23-20(22)11-6-12-21(23)24(25,26)27/h2-13,15H,1,14H2. The molecule has 4 aromatic rings. The molecule has 4 heteroatoms. The zero-order chi connectivity index (χ0) is 19.7. The van der Waals surface area contributed by atoms with Gasteiger partial charge in [-0.3, -0.25) is 4.98 Å². The highest BCUT2D eigenvalue weighted by Crippen LogP contribution is 2.39. The molecule has 4 rings (SSSR count). The quantitative estimate of drug-likeness (QED) is 0.388. The van der Waals surface area contributed by atoms with Crippen LogP contribution in [0, 0.1) is 6.92 Å². The summed E-state index contributed by atoms with van der Waals surface area (Å²) in [6.07, 6.45) is -2.31. The maximum Gasteiger partial charge on any atom is 0.418 e. The van der Waals surface area contributed by atoms with Crippen LogP contribution in [0.4, 0.5) is 13.2 Å². The van der Waals surface area contributed by atoms with Crippen LogP contribution in [0.3, 0.4) is 0 Å². The van der Waals surface area contributed by atoms with Gasteiger partial charge in [-0.1, -0.05) is 66.7 Å². The minimum absolute atomic E-state index is 0.0312. The third-order valence-corrected chi connectivity index (χ3v) is 4.73. The van der Waals surface area contributed by atoms with Gasteiger partial charge >= 0.3 is 6.18 Å². The molecule has 0 aliphatic carbocycles. The van der Waals surface area contributed by atoms with Gasteiger partial charge in [0, 0.05) is 11.6 Å². The molecule has 0 saturated heterocycles. The number of benzene rings is 3. The van der Waals surface area contributed by atoms with Gasteiger partial charge in [0.1, 0.15) is 0 Å². The lowest BCUT2D eigenvalue weighted by atomic mass is 9.91. The molecule has 1 aromatic heterocycles. The second-order valence-corrected chi connectivity index (χ2v) is 6.72. The van der Waals surface area contributed by atoms with Crippen molar-refractivity contribution in [3.8, 4) is 11.1 Å². The molecule has 139 valence electrons. The number of pyridine rings is 1. The topological polar surface area (TPSA) is 12.9 Å². The van der Waals surface area contributed by atoms with Crippen molar-refractivity contribution in [3.63, 3.8) is 0 Å². The minimum atomic E-state index is -4.46. The zero-order valence-corrected chi connectivity index (χ0v) is 15.0. The summed E-state index contributed by atoms with van der Waals surface area (Å²) >= 11 is 0. The van der Waals surface area contributed by atoms with Crippen molar-refractivity contribution in [1.29, 1.82) is 0 Å². The Morgan fingerprint density at radius 2 is 1.61 bits per heavy atom. The molecule has 0 atom stereocenters. The van der Waals surface area contributed by atoms with E-state index in [2.05, 4.69) is 11.9 Å². The highest BCUT2D eigenvalue weighted by Gasteiger charge is 2.33. The van der Waals surface area contributed by atoms with E-state index >= 15 is 0 Å². The van der Waals surface area contributed by atoms with E-state index < -0.39 is 11.7 Å². The molecule has 28 heavy (non-hydrogen) atoms. The Morgan fingerprint density at radius 3 is 2.32 bits per heavy atom. The molecule has 1 radical (unpaired) electrons. The third kappa shape index (κ3) is 3.50.